The van der Waals surface area contributed by atoms with Gasteiger partial charge in [0, 0.05) is 32.1 Å². The Hall–Kier alpha value is -1.22. The average Bonchev–Trinajstić information content (AvgIpc) is 3.16. The van der Waals surface area contributed by atoms with Crippen molar-refractivity contribution < 1.29 is 16.8 Å². The lowest BCUT2D eigenvalue weighted by Crippen LogP contribution is -2.30. The van der Waals surface area contributed by atoms with Crippen LogP contribution in [0.1, 0.15) is 31.7 Å². The molecule has 6 nitrogen and oxygen atoms in total. The fourth-order valence-electron chi connectivity index (χ4n) is 4.64. The van der Waals surface area contributed by atoms with E-state index in [1.54, 1.807) is 20.7 Å². The van der Waals surface area contributed by atoms with Crippen LogP contribution < -0.4 is 0 Å². The van der Waals surface area contributed by atoms with Gasteiger partial charge in [0.15, 0.2) is 0 Å². The van der Waals surface area contributed by atoms with E-state index >= 15 is 0 Å². The van der Waals surface area contributed by atoms with Gasteiger partial charge in [0.05, 0.1) is 9.80 Å². The van der Waals surface area contributed by atoms with Crippen molar-refractivity contribution in [1.82, 2.24) is 8.61 Å². The Morgan fingerprint density at radius 3 is 2.52 bits per heavy atom. The molecule has 0 saturated carbocycles. The monoisotopic (exact) mass is 410 g/mol. The Kier molecular flexibility index (Phi) is 4.73. The molecule has 148 valence electrons. The molecule has 0 unspecified atom stereocenters. The predicted molar refractivity (Wildman–Crippen MR) is 104 cm³/mol. The van der Waals surface area contributed by atoms with Gasteiger partial charge in [0.2, 0.25) is 20.0 Å². The highest BCUT2D eigenvalue weighted by atomic mass is 32.2. The number of rotatable bonds is 4. The van der Waals surface area contributed by atoms with E-state index in [1.807, 2.05) is 26.0 Å². The second-order valence-corrected chi connectivity index (χ2v) is 11.7. The normalized spacial score (nSPS) is 28.4. The van der Waals surface area contributed by atoms with Crippen LogP contribution in [0.5, 0.6) is 0 Å². The summed E-state index contributed by atoms with van der Waals surface area (Å²) in [7, 11) is -6.90. The molecule has 3 aliphatic rings. The first-order chi connectivity index (χ1) is 12.7. The highest BCUT2D eigenvalue weighted by Crippen LogP contribution is 2.46. The molecule has 1 aromatic rings. The quantitative estimate of drug-likeness (QED) is 0.764. The van der Waals surface area contributed by atoms with Crippen molar-refractivity contribution in [2.75, 3.05) is 26.2 Å². The number of aryl methyl sites for hydroxylation is 1. The largest absolute Gasteiger partial charge is 0.243 e. The van der Waals surface area contributed by atoms with Crippen LogP contribution in [0.3, 0.4) is 0 Å². The summed E-state index contributed by atoms with van der Waals surface area (Å²) in [6.07, 6.45) is 2.06. The number of sulfonamides is 2. The SMILES string of the molecule is CCCN1CC2=C(CC[C@H]3CN(S(=O)(=O)c4ccc(C)cc4)C[C@@H]23)S1(=O)=O. The molecule has 0 N–H and O–H groups in total. The van der Waals surface area contributed by atoms with Gasteiger partial charge in [-0.2, -0.15) is 8.61 Å². The van der Waals surface area contributed by atoms with Crippen molar-refractivity contribution in [2.24, 2.45) is 11.8 Å². The summed E-state index contributed by atoms with van der Waals surface area (Å²) in [4.78, 5) is 0.874. The van der Waals surface area contributed by atoms with Crippen molar-refractivity contribution in [1.29, 1.82) is 0 Å². The number of nitrogens with zero attached hydrogens (tertiary/aromatic N) is 2. The van der Waals surface area contributed by atoms with Crippen LogP contribution in [-0.4, -0.2) is 51.6 Å². The molecule has 2 heterocycles. The Labute approximate surface area is 162 Å². The van der Waals surface area contributed by atoms with Crippen molar-refractivity contribution in [3.05, 3.63) is 40.3 Å². The minimum absolute atomic E-state index is 0.0191. The molecule has 4 rings (SSSR count). The fraction of sp³-hybridized carbons (Fsp3) is 0.579. The highest BCUT2D eigenvalue weighted by molar-refractivity contribution is 7.93. The van der Waals surface area contributed by atoms with Crippen molar-refractivity contribution in [2.45, 2.75) is 38.0 Å². The molecule has 0 amide bonds. The van der Waals surface area contributed by atoms with Gasteiger partial charge in [-0.25, -0.2) is 16.8 Å². The zero-order valence-electron chi connectivity index (χ0n) is 15.8. The molecule has 1 aliphatic carbocycles. The number of hydrogen-bond donors (Lipinski definition) is 0. The van der Waals surface area contributed by atoms with Gasteiger partial charge in [0.1, 0.15) is 0 Å². The summed E-state index contributed by atoms with van der Waals surface area (Å²) in [6.45, 7) is 5.72. The smallest absolute Gasteiger partial charge is 0.207 e. The topological polar surface area (TPSA) is 74.8 Å². The summed E-state index contributed by atoms with van der Waals surface area (Å²) in [5, 5.41) is 0. The maximum absolute atomic E-state index is 13.1. The maximum Gasteiger partial charge on any atom is 0.243 e. The molecule has 0 spiro atoms. The van der Waals surface area contributed by atoms with Gasteiger partial charge in [-0.3, -0.25) is 0 Å². The molecule has 2 atom stereocenters. The number of hydrogen-bond acceptors (Lipinski definition) is 4. The third-order valence-electron chi connectivity index (χ3n) is 6.09. The average molecular weight is 411 g/mol. The van der Waals surface area contributed by atoms with Gasteiger partial charge in [-0.15, -0.1) is 0 Å². The first-order valence-corrected chi connectivity index (χ1v) is 12.4. The second kappa shape index (κ2) is 6.69. The molecule has 0 bridgehead atoms. The molecule has 27 heavy (non-hydrogen) atoms. The highest BCUT2D eigenvalue weighted by Gasteiger charge is 2.49. The minimum atomic E-state index is -3.55. The van der Waals surface area contributed by atoms with Crippen LogP contribution in [-0.2, 0) is 20.0 Å². The van der Waals surface area contributed by atoms with E-state index in [2.05, 4.69) is 0 Å². The third-order valence-corrected chi connectivity index (χ3v) is 10.0. The van der Waals surface area contributed by atoms with E-state index in [4.69, 9.17) is 0 Å². The Morgan fingerprint density at radius 2 is 1.85 bits per heavy atom. The summed E-state index contributed by atoms with van der Waals surface area (Å²) < 4.78 is 54.8. The molecule has 0 aromatic heterocycles. The van der Waals surface area contributed by atoms with Gasteiger partial charge >= 0.3 is 0 Å². The molecular weight excluding hydrogens is 384 g/mol. The van der Waals surface area contributed by atoms with Crippen LogP contribution in [0.4, 0.5) is 0 Å². The van der Waals surface area contributed by atoms with Crippen molar-refractivity contribution in [3.8, 4) is 0 Å². The van der Waals surface area contributed by atoms with E-state index in [0.29, 0.717) is 42.4 Å². The summed E-state index contributed by atoms with van der Waals surface area (Å²) >= 11 is 0. The van der Waals surface area contributed by atoms with Crippen LogP contribution in [0.2, 0.25) is 0 Å². The summed E-state index contributed by atoms with van der Waals surface area (Å²) in [5.74, 6) is 0.228. The third kappa shape index (κ3) is 3.06. The molecule has 1 fully saturated rings. The molecule has 8 heteroatoms. The molecule has 0 radical (unpaired) electrons. The number of fused-ring (bicyclic) bond motifs is 2. The number of benzene rings is 1. The van der Waals surface area contributed by atoms with E-state index in [9.17, 15) is 16.8 Å². The number of allylic oxidation sites excluding steroid dienone is 1. The predicted octanol–water partition coefficient (Wildman–Crippen LogP) is 2.34. The van der Waals surface area contributed by atoms with Crippen molar-refractivity contribution in [3.63, 3.8) is 0 Å². The molecular formula is C19H26N2O4S2. The molecule has 1 saturated heterocycles. The minimum Gasteiger partial charge on any atom is -0.207 e. The zero-order chi connectivity index (χ0) is 19.4. The summed E-state index contributed by atoms with van der Waals surface area (Å²) in [5.41, 5.74) is 1.98. The first kappa shape index (κ1) is 19.1. The zero-order valence-corrected chi connectivity index (χ0v) is 17.4. The molecule has 1 aromatic carbocycles. The van der Waals surface area contributed by atoms with Crippen LogP contribution in [0, 0.1) is 18.8 Å². The van der Waals surface area contributed by atoms with Crippen LogP contribution in [0.15, 0.2) is 39.6 Å². The Morgan fingerprint density at radius 1 is 1.15 bits per heavy atom. The molecule has 2 aliphatic heterocycles. The van der Waals surface area contributed by atoms with Gasteiger partial charge in [-0.05, 0) is 49.8 Å². The van der Waals surface area contributed by atoms with E-state index < -0.39 is 20.0 Å². The van der Waals surface area contributed by atoms with Crippen LogP contribution in [0.25, 0.3) is 0 Å². The van der Waals surface area contributed by atoms with E-state index in [0.717, 1.165) is 24.0 Å². The fourth-order valence-corrected chi connectivity index (χ4v) is 8.13. The maximum atomic E-state index is 13.1. The van der Waals surface area contributed by atoms with Crippen molar-refractivity contribution >= 4 is 20.0 Å². The van der Waals surface area contributed by atoms with Gasteiger partial charge < -0.3 is 0 Å². The van der Waals surface area contributed by atoms with Gasteiger partial charge in [-0.1, -0.05) is 24.6 Å². The lowest BCUT2D eigenvalue weighted by molar-refractivity contribution is 0.392. The lowest BCUT2D eigenvalue weighted by Gasteiger charge is -2.24. The summed E-state index contributed by atoms with van der Waals surface area (Å²) in [6, 6.07) is 6.92. The Bertz CT molecular complexity index is 981. The second-order valence-electron chi connectivity index (χ2n) is 7.83. The van der Waals surface area contributed by atoms with E-state index in [-0.39, 0.29) is 11.8 Å². The Balaban J connectivity index is 1.62. The van der Waals surface area contributed by atoms with Crippen LogP contribution >= 0.6 is 0 Å². The van der Waals surface area contributed by atoms with Gasteiger partial charge in [0.25, 0.3) is 0 Å². The van der Waals surface area contributed by atoms with E-state index in [1.165, 1.54) is 0 Å². The lowest BCUT2D eigenvalue weighted by atomic mass is 9.80. The first-order valence-electron chi connectivity index (χ1n) is 9.54. The standard InChI is InChI=1S/C19H26N2O4S2/c1-3-10-20-13-18-17-12-21(11-15(17)6-9-19(18)27(20,24)25)26(22,23)16-7-4-14(2)5-8-16/h4-5,7-8,15,17H,3,6,9-13H2,1-2H3/t15-,17+/m0/s1.